The Hall–Kier alpha value is -2.41. The minimum atomic E-state index is -2.25. The molecule has 1 atom stereocenters. The van der Waals surface area contributed by atoms with Gasteiger partial charge in [0, 0.05) is 53.1 Å². The third kappa shape index (κ3) is 6.67. The van der Waals surface area contributed by atoms with Gasteiger partial charge >= 0.3 is 0 Å². The Morgan fingerprint density at radius 3 is 2.42 bits per heavy atom. The number of H-pyrrole nitrogens is 1. The lowest BCUT2D eigenvalue weighted by atomic mass is 9.77. The predicted octanol–water partition coefficient (Wildman–Crippen LogP) is 6.56. The van der Waals surface area contributed by atoms with Crippen molar-refractivity contribution in [3.05, 3.63) is 61.5 Å². The van der Waals surface area contributed by atoms with Gasteiger partial charge in [-0.2, -0.15) is 0 Å². The Balaban J connectivity index is 1.76. The van der Waals surface area contributed by atoms with E-state index in [-0.39, 0.29) is 36.4 Å². The molecule has 2 aromatic rings. The molecular formula is C28H38ClF2N3O2. The summed E-state index contributed by atoms with van der Waals surface area (Å²) in [5.74, 6) is 0.0639. The van der Waals surface area contributed by atoms with Crippen molar-refractivity contribution in [1.82, 2.24) is 10.3 Å². The van der Waals surface area contributed by atoms with E-state index in [0.29, 0.717) is 22.1 Å². The number of aromatic amines is 1. The smallest absolute Gasteiger partial charge is 0.253 e. The van der Waals surface area contributed by atoms with E-state index in [9.17, 15) is 18.4 Å². The van der Waals surface area contributed by atoms with Gasteiger partial charge in [0.15, 0.2) is 0 Å². The van der Waals surface area contributed by atoms with E-state index < -0.39 is 6.43 Å². The predicted molar refractivity (Wildman–Crippen MR) is 142 cm³/mol. The monoisotopic (exact) mass is 521 g/mol. The van der Waals surface area contributed by atoms with Crippen LogP contribution in [0.15, 0.2) is 23.0 Å². The van der Waals surface area contributed by atoms with Crippen molar-refractivity contribution in [3.63, 3.8) is 0 Å². The molecule has 0 saturated heterocycles. The van der Waals surface area contributed by atoms with Gasteiger partial charge in [-0.15, -0.1) is 0 Å². The number of benzene rings is 1. The summed E-state index contributed by atoms with van der Waals surface area (Å²) in [6.45, 7) is 10.5. The summed E-state index contributed by atoms with van der Waals surface area (Å²) in [5.41, 5.74) is 4.17. The van der Waals surface area contributed by atoms with Crippen molar-refractivity contribution in [1.29, 1.82) is 0 Å². The Morgan fingerprint density at radius 1 is 1.17 bits per heavy atom. The average Bonchev–Trinajstić information content (AvgIpc) is 2.80. The van der Waals surface area contributed by atoms with E-state index in [1.807, 2.05) is 39.8 Å². The number of anilines is 1. The number of pyridine rings is 1. The third-order valence-electron chi connectivity index (χ3n) is 7.70. The molecule has 1 aliphatic rings. The minimum Gasteiger partial charge on any atom is -0.369 e. The molecule has 0 bridgehead atoms. The number of nitrogens with zero attached hydrogens (tertiary/aromatic N) is 1. The standard InChI is InChI=1S/C28H38ClF2N3O2/c1-6-34(22-9-7-20(8-10-22)16(2)12-26(30)31)25-14-21(29)13-23(19(25)5)27(35)32-15-24-17(3)11-18(4)33-28(24)36/h11,13-14,16,20,22,26H,6-10,12,15H2,1-5H3,(H,32,35)(H,33,36)/t16?,20-,22-. The van der Waals surface area contributed by atoms with Gasteiger partial charge < -0.3 is 15.2 Å². The first-order chi connectivity index (χ1) is 17.0. The van der Waals surface area contributed by atoms with Gasteiger partial charge in [-0.3, -0.25) is 9.59 Å². The van der Waals surface area contributed by atoms with Crippen molar-refractivity contribution in [2.75, 3.05) is 11.4 Å². The Morgan fingerprint density at radius 2 is 1.83 bits per heavy atom. The highest BCUT2D eigenvalue weighted by atomic mass is 35.5. The molecule has 1 unspecified atom stereocenters. The molecule has 0 aliphatic heterocycles. The molecule has 36 heavy (non-hydrogen) atoms. The molecule has 1 fully saturated rings. The number of carbonyl (C=O) groups excluding carboxylic acids is 1. The lowest BCUT2D eigenvalue weighted by molar-refractivity contribution is 0.0927. The molecule has 8 heteroatoms. The maximum atomic E-state index is 13.2. The minimum absolute atomic E-state index is 0.0219. The Labute approximate surface area is 217 Å². The molecule has 1 saturated carbocycles. The first-order valence-corrected chi connectivity index (χ1v) is 13.2. The highest BCUT2D eigenvalue weighted by Gasteiger charge is 2.30. The number of halogens is 3. The average molecular weight is 522 g/mol. The number of alkyl halides is 2. The molecule has 0 spiro atoms. The van der Waals surface area contributed by atoms with Crippen LogP contribution in [0.5, 0.6) is 0 Å². The van der Waals surface area contributed by atoms with E-state index in [0.717, 1.165) is 54.7 Å². The summed E-state index contributed by atoms with van der Waals surface area (Å²) < 4.78 is 25.7. The quantitative estimate of drug-likeness (QED) is 0.392. The van der Waals surface area contributed by atoms with E-state index in [2.05, 4.69) is 22.1 Å². The van der Waals surface area contributed by atoms with Crippen LogP contribution in [0.1, 0.15) is 78.7 Å². The van der Waals surface area contributed by atoms with Crippen LogP contribution < -0.4 is 15.8 Å². The van der Waals surface area contributed by atoms with E-state index in [1.54, 1.807) is 6.07 Å². The normalized spacial score (nSPS) is 18.8. The zero-order chi connectivity index (χ0) is 26.6. The Kier molecular flexibility index (Phi) is 9.56. The first kappa shape index (κ1) is 28.2. The summed E-state index contributed by atoms with van der Waals surface area (Å²) in [6, 6.07) is 5.72. The lowest BCUT2D eigenvalue weighted by Crippen LogP contribution is -2.39. The van der Waals surface area contributed by atoms with E-state index in [4.69, 9.17) is 11.6 Å². The number of hydrogen-bond acceptors (Lipinski definition) is 3. The summed E-state index contributed by atoms with van der Waals surface area (Å²) in [7, 11) is 0. The van der Waals surface area contributed by atoms with Gasteiger partial charge in [0.05, 0.1) is 0 Å². The van der Waals surface area contributed by atoms with E-state index in [1.165, 1.54) is 0 Å². The van der Waals surface area contributed by atoms with Gasteiger partial charge in [0.1, 0.15) is 0 Å². The molecular weight excluding hydrogens is 484 g/mol. The number of carbonyl (C=O) groups is 1. The van der Waals surface area contributed by atoms with Crippen LogP contribution in [0.25, 0.3) is 0 Å². The van der Waals surface area contributed by atoms with Crippen LogP contribution in [0.3, 0.4) is 0 Å². The molecule has 1 heterocycles. The highest BCUT2D eigenvalue weighted by molar-refractivity contribution is 6.31. The molecule has 2 N–H and O–H groups in total. The second-order valence-electron chi connectivity index (χ2n) is 10.2. The summed E-state index contributed by atoms with van der Waals surface area (Å²) in [5, 5.41) is 3.36. The maximum Gasteiger partial charge on any atom is 0.253 e. The molecule has 198 valence electrons. The van der Waals surface area contributed by atoms with Gasteiger partial charge in [-0.05, 0) is 94.5 Å². The SMILES string of the molecule is CCN(c1cc(Cl)cc(C(=O)NCc2c(C)cc(C)[nH]c2=O)c1C)[C@H]1CC[C@H](C(C)CC(F)F)CC1. The van der Waals surface area contributed by atoms with E-state index >= 15 is 0 Å². The summed E-state index contributed by atoms with van der Waals surface area (Å²) in [6.07, 6.45) is 1.41. The fourth-order valence-corrected chi connectivity index (χ4v) is 5.86. The number of amides is 1. The molecule has 1 aromatic heterocycles. The maximum absolute atomic E-state index is 13.2. The fourth-order valence-electron chi connectivity index (χ4n) is 5.65. The van der Waals surface area contributed by atoms with Crippen LogP contribution in [0.2, 0.25) is 5.02 Å². The number of aryl methyl sites for hydroxylation is 2. The van der Waals surface area contributed by atoms with Crippen molar-refractivity contribution < 1.29 is 13.6 Å². The zero-order valence-electron chi connectivity index (χ0n) is 21.9. The van der Waals surface area contributed by atoms with Crippen molar-refractivity contribution >= 4 is 23.2 Å². The van der Waals surface area contributed by atoms with Gasteiger partial charge in [-0.25, -0.2) is 8.78 Å². The number of rotatable bonds is 9. The van der Waals surface area contributed by atoms with Gasteiger partial charge in [-0.1, -0.05) is 18.5 Å². The largest absolute Gasteiger partial charge is 0.369 e. The lowest BCUT2D eigenvalue weighted by Gasteiger charge is -2.40. The number of nitrogens with one attached hydrogen (secondary N) is 2. The molecule has 1 aromatic carbocycles. The summed E-state index contributed by atoms with van der Waals surface area (Å²) >= 11 is 6.47. The zero-order valence-corrected chi connectivity index (χ0v) is 22.6. The van der Waals surface area contributed by atoms with Crippen molar-refractivity contribution in [2.45, 2.75) is 85.7 Å². The molecule has 0 radical (unpaired) electrons. The third-order valence-corrected chi connectivity index (χ3v) is 7.91. The second-order valence-corrected chi connectivity index (χ2v) is 10.6. The molecule has 5 nitrogen and oxygen atoms in total. The van der Waals surface area contributed by atoms with Crippen molar-refractivity contribution in [2.24, 2.45) is 11.8 Å². The number of hydrogen-bond donors (Lipinski definition) is 2. The Bertz CT molecular complexity index is 1130. The number of aromatic nitrogens is 1. The van der Waals surface area contributed by atoms with Gasteiger partial charge in [0.25, 0.3) is 11.5 Å². The van der Waals surface area contributed by atoms with Gasteiger partial charge in [0.2, 0.25) is 6.43 Å². The van der Waals surface area contributed by atoms with Crippen LogP contribution in [-0.4, -0.2) is 29.9 Å². The van der Waals surface area contributed by atoms with Crippen LogP contribution in [-0.2, 0) is 6.54 Å². The summed E-state index contributed by atoms with van der Waals surface area (Å²) in [4.78, 5) is 30.6. The van der Waals surface area contributed by atoms with Crippen molar-refractivity contribution in [3.8, 4) is 0 Å². The first-order valence-electron chi connectivity index (χ1n) is 12.8. The van der Waals surface area contributed by atoms with Crippen LogP contribution in [0, 0.1) is 32.6 Å². The molecule has 3 rings (SSSR count). The second kappa shape index (κ2) is 12.2. The van der Waals surface area contributed by atoms with Crippen LogP contribution >= 0.6 is 11.6 Å². The van der Waals surface area contributed by atoms with Crippen LogP contribution in [0.4, 0.5) is 14.5 Å². The highest BCUT2D eigenvalue weighted by Crippen LogP contribution is 2.38. The fraction of sp³-hybridized carbons (Fsp3) is 0.571. The molecule has 1 aliphatic carbocycles. The molecule has 1 amide bonds. The topological polar surface area (TPSA) is 65.2 Å².